The molecule has 2 heteroatoms. The second-order valence-electron chi connectivity index (χ2n) is 3.08. The molecule has 0 aliphatic rings. The van der Waals surface area contributed by atoms with Gasteiger partial charge in [0.2, 0.25) is 0 Å². The van der Waals surface area contributed by atoms with E-state index in [9.17, 15) is 0 Å². The van der Waals surface area contributed by atoms with E-state index in [2.05, 4.69) is 24.4 Å². The van der Waals surface area contributed by atoms with Crippen molar-refractivity contribution in [2.24, 2.45) is 0 Å². The predicted octanol–water partition coefficient (Wildman–Crippen LogP) is 3.60. The van der Waals surface area contributed by atoms with Gasteiger partial charge in [0.1, 0.15) is 0 Å². The van der Waals surface area contributed by atoms with Crippen molar-refractivity contribution in [1.29, 1.82) is 5.26 Å². The van der Waals surface area contributed by atoms with E-state index in [-0.39, 0.29) is 0 Å². The van der Waals surface area contributed by atoms with Crippen molar-refractivity contribution < 1.29 is 0 Å². The van der Waals surface area contributed by atoms with Gasteiger partial charge in [-0.05, 0) is 41.6 Å². The van der Waals surface area contributed by atoms with Gasteiger partial charge >= 0.3 is 0 Å². The molecule has 0 saturated carbocycles. The first-order valence-electron chi connectivity index (χ1n) is 4.36. The number of thiophene rings is 1. The van der Waals surface area contributed by atoms with Crippen LogP contribution in [0.4, 0.5) is 0 Å². The largest absolute Gasteiger partial charge is 0.192 e. The fraction of sp³-hybridized carbons (Fsp3) is 0.0833. The second-order valence-corrected chi connectivity index (χ2v) is 4.20. The summed E-state index contributed by atoms with van der Waals surface area (Å²) in [5.41, 5.74) is 3.16. The highest BCUT2D eigenvalue weighted by molar-refractivity contribution is 7.10. The first-order valence-corrected chi connectivity index (χ1v) is 5.24. The van der Waals surface area contributed by atoms with Crippen LogP contribution in [-0.4, -0.2) is 0 Å². The number of rotatable bonds is 1. The van der Waals surface area contributed by atoms with Crippen LogP contribution in [0.5, 0.6) is 0 Å². The van der Waals surface area contributed by atoms with Gasteiger partial charge in [-0.1, -0.05) is 12.1 Å². The van der Waals surface area contributed by atoms with Crippen LogP contribution in [0.2, 0.25) is 0 Å². The highest BCUT2D eigenvalue weighted by atomic mass is 32.1. The summed E-state index contributed by atoms with van der Waals surface area (Å²) < 4.78 is 0. The van der Waals surface area contributed by atoms with Crippen molar-refractivity contribution in [3.63, 3.8) is 0 Å². The van der Waals surface area contributed by atoms with Crippen molar-refractivity contribution >= 4 is 11.3 Å². The van der Waals surface area contributed by atoms with Crippen LogP contribution in [0.3, 0.4) is 0 Å². The van der Waals surface area contributed by atoms with Gasteiger partial charge in [0.25, 0.3) is 0 Å². The Labute approximate surface area is 87.3 Å². The summed E-state index contributed by atoms with van der Waals surface area (Å²) in [7, 11) is 0. The molecular formula is C12H9NS. The van der Waals surface area contributed by atoms with Gasteiger partial charge in [0.05, 0.1) is 11.6 Å². The molecule has 0 radical (unpaired) electrons. The Hall–Kier alpha value is -1.59. The average molecular weight is 199 g/mol. The highest BCUT2D eigenvalue weighted by Crippen LogP contribution is 2.27. The van der Waals surface area contributed by atoms with Crippen molar-refractivity contribution in [2.45, 2.75) is 6.92 Å². The second kappa shape index (κ2) is 3.65. The van der Waals surface area contributed by atoms with Gasteiger partial charge in [-0.25, -0.2) is 0 Å². The molecule has 0 atom stereocenters. The summed E-state index contributed by atoms with van der Waals surface area (Å²) in [5, 5.41) is 10.8. The Bertz CT molecular complexity index is 474. The first-order chi connectivity index (χ1) is 6.81. The lowest BCUT2D eigenvalue weighted by molar-refractivity contribution is 1.48. The highest BCUT2D eigenvalue weighted by Gasteiger charge is 2.01. The summed E-state index contributed by atoms with van der Waals surface area (Å²) in [4.78, 5) is 1.31. The number of benzene rings is 1. The van der Waals surface area contributed by atoms with Crippen molar-refractivity contribution in [1.82, 2.24) is 0 Å². The van der Waals surface area contributed by atoms with Crippen molar-refractivity contribution in [3.8, 4) is 17.2 Å². The normalized spacial score (nSPS) is 9.71. The molecule has 1 aromatic carbocycles. The van der Waals surface area contributed by atoms with E-state index < -0.39 is 0 Å². The molecule has 0 aliphatic heterocycles. The van der Waals surface area contributed by atoms with Gasteiger partial charge in [0, 0.05) is 4.88 Å². The van der Waals surface area contributed by atoms with Crippen LogP contribution in [0.1, 0.15) is 10.4 Å². The summed E-state index contributed by atoms with van der Waals surface area (Å²) in [5.74, 6) is 0. The fourth-order valence-electron chi connectivity index (χ4n) is 1.41. The molecule has 0 bridgehead atoms. The predicted molar refractivity (Wildman–Crippen MR) is 59.2 cm³/mol. The first kappa shape index (κ1) is 8.98. The van der Waals surface area contributed by atoms with Crippen LogP contribution < -0.4 is 0 Å². The zero-order chi connectivity index (χ0) is 9.97. The number of hydrogen-bond acceptors (Lipinski definition) is 2. The summed E-state index contributed by atoms with van der Waals surface area (Å²) >= 11 is 1.74. The Morgan fingerprint density at radius 2 is 1.86 bits per heavy atom. The molecule has 1 nitrogen and oxygen atoms in total. The molecule has 68 valence electrons. The number of aryl methyl sites for hydroxylation is 1. The Morgan fingerprint density at radius 3 is 2.36 bits per heavy atom. The van der Waals surface area contributed by atoms with Crippen molar-refractivity contribution in [3.05, 3.63) is 46.2 Å². The molecular weight excluding hydrogens is 190 g/mol. The lowest BCUT2D eigenvalue weighted by atomic mass is 10.1. The molecule has 1 aromatic heterocycles. The van der Waals surface area contributed by atoms with E-state index in [1.54, 1.807) is 11.3 Å². The van der Waals surface area contributed by atoms with Crippen LogP contribution in [0.25, 0.3) is 11.1 Å². The molecule has 0 fully saturated rings. The van der Waals surface area contributed by atoms with E-state index in [0.717, 1.165) is 0 Å². The minimum atomic E-state index is 0.710. The number of hydrogen-bond donors (Lipinski definition) is 0. The molecule has 2 rings (SSSR count). The molecule has 0 N–H and O–H groups in total. The standard InChI is InChI=1S/C12H9NS/c1-9-12(6-7-14-9)11-4-2-10(8-13)3-5-11/h2-7H,1H3. The maximum Gasteiger partial charge on any atom is 0.0991 e. The van der Waals surface area contributed by atoms with Crippen LogP contribution in [0, 0.1) is 18.3 Å². The summed E-state index contributed by atoms with van der Waals surface area (Å²) in [6.07, 6.45) is 0. The summed E-state index contributed by atoms with van der Waals surface area (Å²) in [6, 6.07) is 11.9. The Morgan fingerprint density at radius 1 is 1.14 bits per heavy atom. The summed E-state index contributed by atoms with van der Waals surface area (Å²) in [6.45, 7) is 2.11. The van der Waals surface area contributed by atoms with Crippen LogP contribution >= 0.6 is 11.3 Å². The van der Waals surface area contributed by atoms with Gasteiger partial charge < -0.3 is 0 Å². The van der Waals surface area contributed by atoms with E-state index >= 15 is 0 Å². The molecule has 0 amide bonds. The van der Waals surface area contributed by atoms with Crippen molar-refractivity contribution in [2.75, 3.05) is 0 Å². The molecule has 0 unspecified atom stereocenters. The number of nitrogens with zero attached hydrogens (tertiary/aromatic N) is 1. The van der Waals surface area contributed by atoms with E-state index in [4.69, 9.17) is 5.26 Å². The van der Waals surface area contributed by atoms with Gasteiger partial charge in [-0.2, -0.15) is 5.26 Å². The van der Waals surface area contributed by atoms with Crippen LogP contribution in [0.15, 0.2) is 35.7 Å². The molecule has 14 heavy (non-hydrogen) atoms. The third kappa shape index (κ3) is 1.55. The maximum absolute atomic E-state index is 8.67. The molecule has 0 saturated heterocycles. The third-order valence-electron chi connectivity index (χ3n) is 2.18. The van der Waals surface area contributed by atoms with Gasteiger partial charge in [-0.3, -0.25) is 0 Å². The minimum absolute atomic E-state index is 0.710. The zero-order valence-electron chi connectivity index (χ0n) is 7.82. The SMILES string of the molecule is Cc1sccc1-c1ccc(C#N)cc1. The third-order valence-corrected chi connectivity index (χ3v) is 3.03. The van der Waals surface area contributed by atoms with E-state index in [1.807, 2.05) is 24.3 Å². The molecule has 0 aliphatic carbocycles. The molecule has 1 heterocycles. The smallest absolute Gasteiger partial charge is 0.0991 e. The monoisotopic (exact) mass is 199 g/mol. The maximum atomic E-state index is 8.67. The van der Waals surface area contributed by atoms with Crippen LogP contribution in [-0.2, 0) is 0 Å². The van der Waals surface area contributed by atoms with E-state index in [0.29, 0.717) is 5.56 Å². The molecule has 2 aromatic rings. The zero-order valence-corrected chi connectivity index (χ0v) is 8.64. The molecule has 0 spiro atoms. The minimum Gasteiger partial charge on any atom is -0.192 e. The lowest BCUT2D eigenvalue weighted by Gasteiger charge is -1.99. The van der Waals surface area contributed by atoms with Gasteiger partial charge in [0.15, 0.2) is 0 Å². The Balaban J connectivity index is 2.45. The quantitative estimate of drug-likeness (QED) is 0.688. The topological polar surface area (TPSA) is 23.8 Å². The van der Waals surface area contributed by atoms with Gasteiger partial charge in [-0.15, -0.1) is 11.3 Å². The average Bonchev–Trinajstić information content (AvgIpc) is 2.65. The lowest BCUT2D eigenvalue weighted by Crippen LogP contribution is -1.77. The van der Waals surface area contributed by atoms with E-state index in [1.165, 1.54) is 16.0 Å². The Kier molecular flexibility index (Phi) is 2.34. The fourth-order valence-corrected chi connectivity index (χ4v) is 2.13. The number of nitriles is 1.